The number of halogens is 2. The van der Waals surface area contributed by atoms with E-state index in [0.717, 1.165) is 50.5 Å². The summed E-state index contributed by atoms with van der Waals surface area (Å²) < 4.78 is 20.9. The van der Waals surface area contributed by atoms with Gasteiger partial charge in [0, 0.05) is 0 Å². The molecule has 1 saturated carbocycles. The number of hydrogen-bond acceptors (Lipinski definition) is 2. The molecule has 0 spiro atoms. The van der Waals surface area contributed by atoms with E-state index in [1.807, 2.05) is 19.1 Å². The number of hydrogen-bond donors (Lipinski definition) is 1. The Balaban J connectivity index is 1.54. The summed E-state index contributed by atoms with van der Waals surface area (Å²) in [7, 11) is 0. The van der Waals surface area contributed by atoms with Crippen molar-refractivity contribution >= 4 is 11.6 Å². The number of unbranched alkanes of at least 4 members (excludes halogenated alkanes) is 2. The lowest BCUT2D eigenvalue weighted by Crippen LogP contribution is -2.19. The van der Waals surface area contributed by atoms with E-state index < -0.39 is 0 Å². The molecule has 0 aliphatic heterocycles. The van der Waals surface area contributed by atoms with Crippen molar-refractivity contribution in [1.29, 1.82) is 0 Å². The summed E-state index contributed by atoms with van der Waals surface area (Å²) in [6.45, 7) is 4.60. The Morgan fingerprint density at radius 1 is 1.00 bits per heavy atom. The number of rotatable bonds is 11. The molecule has 2 aromatic carbocycles. The Labute approximate surface area is 198 Å². The van der Waals surface area contributed by atoms with Crippen molar-refractivity contribution in [2.75, 3.05) is 0 Å². The molecular formula is C28H38ClFO2. The van der Waals surface area contributed by atoms with E-state index in [1.54, 1.807) is 0 Å². The molecule has 2 aromatic rings. The highest BCUT2D eigenvalue weighted by Crippen LogP contribution is 2.41. The minimum atomic E-state index is -0.340. The first-order valence-corrected chi connectivity index (χ1v) is 12.8. The van der Waals surface area contributed by atoms with Crippen LogP contribution in [-0.4, -0.2) is 11.2 Å². The predicted molar refractivity (Wildman–Crippen MR) is 131 cm³/mol. The fourth-order valence-corrected chi connectivity index (χ4v) is 5.00. The first kappa shape index (κ1) is 25.1. The van der Waals surface area contributed by atoms with Gasteiger partial charge in [0.05, 0.1) is 6.10 Å². The van der Waals surface area contributed by atoms with Crippen LogP contribution in [0.2, 0.25) is 5.02 Å². The largest absolute Gasteiger partial charge is 0.487 e. The summed E-state index contributed by atoms with van der Waals surface area (Å²) in [5.74, 6) is 0.796. The van der Waals surface area contributed by atoms with Crippen LogP contribution in [-0.2, 0) is 13.0 Å². The molecule has 1 unspecified atom stereocenters. The smallest absolute Gasteiger partial charge is 0.149 e. The number of aliphatic hydroxyl groups excluding tert-OH is 1. The minimum absolute atomic E-state index is 0.0854. The third-order valence-corrected chi connectivity index (χ3v) is 7.28. The molecule has 0 heterocycles. The second-order valence-electron chi connectivity index (χ2n) is 9.36. The molecular weight excluding hydrogens is 423 g/mol. The Morgan fingerprint density at radius 3 is 2.34 bits per heavy atom. The van der Waals surface area contributed by atoms with Crippen LogP contribution < -0.4 is 4.74 Å². The van der Waals surface area contributed by atoms with Gasteiger partial charge in [-0.1, -0.05) is 68.6 Å². The third-order valence-electron chi connectivity index (χ3n) is 6.93. The molecule has 0 aromatic heterocycles. The molecule has 0 bridgehead atoms. The highest BCUT2D eigenvalue weighted by Gasteiger charge is 2.27. The van der Waals surface area contributed by atoms with Crippen LogP contribution in [0.1, 0.15) is 94.2 Å². The second-order valence-corrected chi connectivity index (χ2v) is 9.74. The fourth-order valence-electron chi connectivity index (χ4n) is 4.78. The molecule has 32 heavy (non-hydrogen) atoms. The maximum Gasteiger partial charge on any atom is 0.149 e. The molecule has 4 heteroatoms. The molecule has 1 fully saturated rings. The lowest BCUT2D eigenvalue weighted by atomic mass is 9.76. The number of benzene rings is 2. The minimum Gasteiger partial charge on any atom is -0.487 e. The van der Waals surface area contributed by atoms with Crippen molar-refractivity contribution in [2.45, 2.75) is 96.7 Å². The van der Waals surface area contributed by atoms with Gasteiger partial charge >= 0.3 is 0 Å². The van der Waals surface area contributed by atoms with Crippen LogP contribution >= 0.6 is 11.6 Å². The van der Waals surface area contributed by atoms with E-state index in [4.69, 9.17) is 16.3 Å². The molecule has 3 rings (SSSR count). The maximum absolute atomic E-state index is 15.1. The molecule has 1 atom stereocenters. The Kier molecular flexibility index (Phi) is 9.87. The van der Waals surface area contributed by atoms with Crippen LogP contribution in [0.15, 0.2) is 36.4 Å². The van der Waals surface area contributed by atoms with Crippen molar-refractivity contribution < 1.29 is 14.2 Å². The summed E-state index contributed by atoms with van der Waals surface area (Å²) >= 11 is 6.36. The van der Waals surface area contributed by atoms with Crippen LogP contribution in [0.4, 0.5) is 4.39 Å². The standard InChI is InChI=1S/C28H38ClFO2/c1-3-5-6-7-20-8-10-22(11-9-20)19-32-26-17-16-25(28(30)27(26)29)23-14-12-21(13-15-23)18-24(31)4-2/h8-11,16-17,21,23-24,31H,3-7,12-15,18-19H2,1-2H3. The molecule has 0 radical (unpaired) electrons. The Bertz CT molecular complexity index is 828. The number of ether oxygens (including phenoxy) is 1. The van der Waals surface area contributed by atoms with Crippen molar-refractivity contribution in [3.8, 4) is 5.75 Å². The van der Waals surface area contributed by atoms with Gasteiger partial charge in [-0.3, -0.25) is 0 Å². The molecule has 1 N–H and O–H groups in total. The normalized spacial score (nSPS) is 19.7. The number of aryl methyl sites for hydroxylation is 1. The third kappa shape index (κ3) is 6.96. The summed E-state index contributed by atoms with van der Waals surface area (Å²) in [6, 6.07) is 12.1. The highest BCUT2D eigenvalue weighted by molar-refractivity contribution is 6.32. The van der Waals surface area contributed by atoms with Crippen molar-refractivity contribution in [3.05, 3.63) is 63.9 Å². The van der Waals surface area contributed by atoms with Gasteiger partial charge in [-0.05, 0) is 86.0 Å². The van der Waals surface area contributed by atoms with Gasteiger partial charge in [-0.15, -0.1) is 0 Å². The Hall–Kier alpha value is -1.58. The molecule has 1 aliphatic carbocycles. The van der Waals surface area contributed by atoms with Crippen molar-refractivity contribution in [2.24, 2.45) is 5.92 Å². The van der Waals surface area contributed by atoms with Gasteiger partial charge in [0.15, 0.2) is 0 Å². The fraction of sp³-hybridized carbons (Fsp3) is 0.571. The van der Waals surface area contributed by atoms with E-state index in [9.17, 15) is 5.11 Å². The van der Waals surface area contributed by atoms with Crippen LogP contribution in [0.25, 0.3) is 0 Å². The Morgan fingerprint density at radius 2 is 1.69 bits per heavy atom. The van der Waals surface area contributed by atoms with E-state index in [2.05, 4.69) is 31.2 Å². The van der Waals surface area contributed by atoms with Gasteiger partial charge in [0.1, 0.15) is 23.2 Å². The SMILES string of the molecule is CCCCCc1ccc(COc2ccc(C3CCC(CC(O)CC)CC3)c(F)c2Cl)cc1. The highest BCUT2D eigenvalue weighted by atomic mass is 35.5. The first-order chi connectivity index (χ1) is 15.5. The van der Waals surface area contributed by atoms with Gasteiger partial charge in [0.2, 0.25) is 0 Å². The van der Waals surface area contributed by atoms with Crippen molar-refractivity contribution in [3.63, 3.8) is 0 Å². The zero-order valence-electron chi connectivity index (χ0n) is 19.6. The maximum atomic E-state index is 15.1. The molecule has 176 valence electrons. The molecule has 0 saturated heterocycles. The van der Waals surface area contributed by atoms with E-state index in [-0.39, 0.29) is 22.9 Å². The summed E-state index contributed by atoms with van der Waals surface area (Å²) in [5, 5.41) is 9.99. The summed E-state index contributed by atoms with van der Waals surface area (Å²) in [6.07, 6.45) is 10.2. The van der Waals surface area contributed by atoms with Crippen LogP contribution in [0.5, 0.6) is 5.75 Å². The van der Waals surface area contributed by atoms with E-state index in [0.29, 0.717) is 23.8 Å². The first-order valence-electron chi connectivity index (χ1n) is 12.4. The molecule has 2 nitrogen and oxygen atoms in total. The number of aliphatic hydroxyl groups is 1. The summed E-state index contributed by atoms with van der Waals surface area (Å²) in [5.41, 5.74) is 3.10. The molecule has 1 aliphatic rings. The van der Waals surface area contributed by atoms with Gasteiger partial charge < -0.3 is 9.84 Å². The van der Waals surface area contributed by atoms with Crippen LogP contribution in [0.3, 0.4) is 0 Å². The monoisotopic (exact) mass is 460 g/mol. The lowest BCUT2D eigenvalue weighted by Gasteiger charge is -2.30. The van der Waals surface area contributed by atoms with Crippen molar-refractivity contribution in [1.82, 2.24) is 0 Å². The lowest BCUT2D eigenvalue weighted by molar-refractivity contribution is 0.124. The van der Waals surface area contributed by atoms with Gasteiger partial charge in [-0.25, -0.2) is 4.39 Å². The van der Waals surface area contributed by atoms with Crippen LogP contribution in [0, 0.1) is 11.7 Å². The zero-order valence-corrected chi connectivity index (χ0v) is 20.3. The van der Waals surface area contributed by atoms with Gasteiger partial charge in [0.25, 0.3) is 0 Å². The summed E-state index contributed by atoms with van der Waals surface area (Å²) in [4.78, 5) is 0. The molecule has 0 amide bonds. The topological polar surface area (TPSA) is 29.5 Å². The predicted octanol–water partition coefficient (Wildman–Crippen LogP) is 8.23. The quantitative estimate of drug-likeness (QED) is 0.342. The zero-order chi connectivity index (χ0) is 22.9. The average Bonchev–Trinajstić information content (AvgIpc) is 2.81. The second kappa shape index (κ2) is 12.6. The average molecular weight is 461 g/mol. The van der Waals surface area contributed by atoms with E-state index >= 15 is 4.39 Å². The van der Waals surface area contributed by atoms with Gasteiger partial charge in [-0.2, -0.15) is 0 Å². The van der Waals surface area contributed by atoms with E-state index in [1.165, 1.54) is 24.8 Å².